The zero-order valence-electron chi connectivity index (χ0n) is 15.6. The molecule has 3 aliphatic rings. The minimum Gasteiger partial charge on any atom is -0.396 e. The minimum atomic E-state index is 0.0181. The zero-order chi connectivity index (χ0) is 17.8. The lowest BCUT2D eigenvalue weighted by molar-refractivity contribution is -0.0737. The highest BCUT2D eigenvalue weighted by Gasteiger charge is 2.56. The second-order valence-electron chi connectivity index (χ2n) is 9.30. The fourth-order valence-electron chi connectivity index (χ4n) is 6.68. The van der Waals surface area contributed by atoms with Crippen LogP contribution in [-0.4, -0.2) is 33.6 Å². The van der Waals surface area contributed by atoms with Crippen LogP contribution in [0.15, 0.2) is 18.3 Å². The molecule has 0 spiro atoms. The highest BCUT2D eigenvalue weighted by molar-refractivity contribution is 5.26. The first kappa shape index (κ1) is 17.3. The second-order valence-corrected chi connectivity index (χ2v) is 9.30. The van der Waals surface area contributed by atoms with Gasteiger partial charge in [0.05, 0.1) is 6.20 Å². The van der Waals surface area contributed by atoms with Crippen LogP contribution < -0.4 is 0 Å². The summed E-state index contributed by atoms with van der Waals surface area (Å²) in [6.45, 7) is 9.53. The Balaban J connectivity index is 1.69. The van der Waals surface area contributed by atoms with Crippen molar-refractivity contribution in [3.05, 3.63) is 29.6 Å². The number of aliphatic hydroxyl groups excluding tert-OH is 2. The Morgan fingerprint density at radius 1 is 1.24 bits per heavy atom. The molecule has 0 bridgehead atoms. The van der Waals surface area contributed by atoms with Gasteiger partial charge in [0.25, 0.3) is 0 Å². The van der Waals surface area contributed by atoms with Crippen LogP contribution in [0, 0.1) is 34.5 Å². The van der Waals surface area contributed by atoms with Crippen LogP contribution in [0.25, 0.3) is 0 Å². The van der Waals surface area contributed by atoms with Gasteiger partial charge in [0, 0.05) is 18.9 Å². The predicted octanol–water partition coefficient (Wildman–Crippen LogP) is 3.11. The van der Waals surface area contributed by atoms with Crippen molar-refractivity contribution in [1.29, 1.82) is 0 Å². The fourth-order valence-corrected chi connectivity index (χ4v) is 6.68. The molecule has 138 valence electrons. The number of H-pyrrole nitrogens is 1. The average molecular weight is 344 g/mol. The molecule has 3 aliphatic carbocycles. The molecule has 1 aromatic rings. The van der Waals surface area contributed by atoms with E-state index in [2.05, 4.69) is 30.6 Å². The van der Waals surface area contributed by atoms with Crippen molar-refractivity contribution in [3.8, 4) is 0 Å². The van der Waals surface area contributed by atoms with Gasteiger partial charge in [0.1, 0.15) is 0 Å². The molecule has 2 saturated carbocycles. The lowest BCUT2D eigenvalue weighted by atomic mass is 9.49. The van der Waals surface area contributed by atoms with E-state index in [-0.39, 0.29) is 30.0 Å². The van der Waals surface area contributed by atoms with Gasteiger partial charge < -0.3 is 10.2 Å². The highest BCUT2D eigenvalue weighted by atomic mass is 16.3. The van der Waals surface area contributed by atoms with Crippen molar-refractivity contribution in [2.45, 2.75) is 52.4 Å². The van der Waals surface area contributed by atoms with E-state index in [0.717, 1.165) is 32.1 Å². The lowest BCUT2D eigenvalue weighted by Gasteiger charge is -2.55. The number of allylic oxidation sites excluding steroid dienone is 1. The molecule has 6 atom stereocenters. The molecule has 3 N–H and O–H groups in total. The molecule has 0 saturated heterocycles. The average Bonchev–Trinajstić information content (AvgIpc) is 3.17. The molecule has 4 rings (SSSR count). The van der Waals surface area contributed by atoms with Gasteiger partial charge >= 0.3 is 0 Å². The summed E-state index contributed by atoms with van der Waals surface area (Å²) in [5, 5.41) is 27.8. The first-order valence-corrected chi connectivity index (χ1v) is 9.85. The van der Waals surface area contributed by atoms with Crippen LogP contribution in [0.3, 0.4) is 0 Å². The number of fused-ring (bicyclic) bond motifs is 2. The smallest absolute Gasteiger partial charge is 0.0522 e. The number of aromatic nitrogens is 2. The number of nitrogens with one attached hydrogen (secondary N) is 1. The highest BCUT2D eigenvalue weighted by Crippen LogP contribution is 2.62. The number of rotatable bonds is 3. The van der Waals surface area contributed by atoms with Crippen LogP contribution in [0.4, 0.5) is 0 Å². The Labute approximate surface area is 150 Å². The molecule has 2 fully saturated rings. The molecule has 4 heteroatoms. The van der Waals surface area contributed by atoms with E-state index in [1.54, 1.807) is 0 Å². The molecule has 4 nitrogen and oxygen atoms in total. The first-order valence-electron chi connectivity index (χ1n) is 9.85. The van der Waals surface area contributed by atoms with Crippen LogP contribution >= 0.6 is 0 Å². The zero-order valence-corrected chi connectivity index (χ0v) is 15.6. The van der Waals surface area contributed by atoms with Crippen LogP contribution in [-0.2, 0) is 12.8 Å². The van der Waals surface area contributed by atoms with E-state index in [4.69, 9.17) is 0 Å². The van der Waals surface area contributed by atoms with E-state index >= 15 is 0 Å². The summed E-state index contributed by atoms with van der Waals surface area (Å²) < 4.78 is 0. The van der Waals surface area contributed by atoms with E-state index in [0.29, 0.717) is 17.8 Å². The van der Waals surface area contributed by atoms with Gasteiger partial charge in [-0.15, -0.1) is 0 Å². The number of aliphatic hydroxyl groups is 2. The molecular formula is C21H32N2O2. The first-order chi connectivity index (χ1) is 11.9. The maximum absolute atomic E-state index is 10.4. The fraction of sp³-hybridized carbons (Fsp3) is 0.762. The van der Waals surface area contributed by atoms with Gasteiger partial charge in [0.2, 0.25) is 0 Å². The Morgan fingerprint density at radius 2 is 2.04 bits per heavy atom. The van der Waals surface area contributed by atoms with Crippen molar-refractivity contribution in [2.24, 2.45) is 34.5 Å². The normalized spacial score (nSPS) is 43.8. The third-order valence-electron chi connectivity index (χ3n) is 8.43. The number of hydrogen-bond donors (Lipinski definition) is 3. The summed E-state index contributed by atoms with van der Waals surface area (Å²) in [4.78, 5) is 0. The molecule has 1 aromatic heterocycles. The standard InChI is InChI=1S/C21H32N2O2/c1-13-4-5-17-16(12-25)18(6-7-20(13,17)2)21(3)9-14-10-22-23-19(14)8-15(21)11-24/h10,15-18,24-25H,1,4-9,11-12H2,2-3H3,(H,22,23). The van der Waals surface area contributed by atoms with Gasteiger partial charge in [-0.3, -0.25) is 5.10 Å². The molecule has 6 unspecified atom stereocenters. The molecule has 0 aromatic carbocycles. The summed E-state index contributed by atoms with van der Waals surface area (Å²) in [5.74, 6) is 1.52. The number of hydrogen-bond acceptors (Lipinski definition) is 3. The van der Waals surface area contributed by atoms with Gasteiger partial charge in [-0.1, -0.05) is 26.0 Å². The van der Waals surface area contributed by atoms with Crippen molar-refractivity contribution in [2.75, 3.05) is 13.2 Å². The summed E-state index contributed by atoms with van der Waals surface area (Å²) in [7, 11) is 0. The van der Waals surface area contributed by atoms with E-state index in [1.165, 1.54) is 23.3 Å². The van der Waals surface area contributed by atoms with E-state index in [9.17, 15) is 10.2 Å². The van der Waals surface area contributed by atoms with Gasteiger partial charge in [-0.25, -0.2) is 0 Å². The number of aromatic amines is 1. The second kappa shape index (κ2) is 5.95. The topological polar surface area (TPSA) is 69.1 Å². The molecule has 25 heavy (non-hydrogen) atoms. The third kappa shape index (κ3) is 2.37. The van der Waals surface area contributed by atoms with Crippen molar-refractivity contribution < 1.29 is 10.2 Å². The largest absolute Gasteiger partial charge is 0.396 e. The summed E-state index contributed by atoms with van der Waals surface area (Å²) >= 11 is 0. The molecule has 0 amide bonds. The molecule has 0 radical (unpaired) electrons. The molecular weight excluding hydrogens is 312 g/mol. The molecule has 0 aliphatic heterocycles. The van der Waals surface area contributed by atoms with E-state index < -0.39 is 0 Å². The van der Waals surface area contributed by atoms with Crippen LogP contribution in [0.5, 0.6) is 0 Å². The van der Waals surface area contributed by atoms with Crippen LogP contribution in [0.2, 0.25) is 0 Å². The predicted molar refractivity (Wildman–Crippen MR) is 97.9 cm³/mol. The Hall–Kier alpha value is -1.13. The maximum atomic E-state index is 10.4. The Morgan fingerprint density at radius 3 is 2.76 bits per heavy atom. The number of nitrogens with zero attached hydrogens (tertiary/aromatic N) is 1. The SMILES string of the molecule is C=C1CCC2C(CO)C(C3(C)Cc4cn[nH]c4CC3CO)CCC12C. The van der Waals surface area contributed by atoms with Crippen LogP contribution in [0.1, 0.15) is 50.8 Å². The molecule has 1 heterocycles. The Bertz CT molecular complexity index is 669. The minimum absolute atomic E-state index is 0.0181. The van der Waals surface area contributed by atoms with E-state index in [1.807, 2.05) is 6.20 Å². The quantitative estimate of drug-likeness (QED) is 0.738. The summed E-state index contributed by atoms with van der Waals surface area (Å²) in [5.41, 5.74) is 4.09. The maximum Gasteiger partial charge on any atom is 0.0522 e. The summed E-state index contributed by atoms with van der Waals surface area (Å²) in [6, 6.07) is 0. The van der Waals surface area contributed by atoms with Crippen molar-refractivity contribution in [3.63, 3.8) is 0 Å². The van der Waals surface area contributed by atoms with Gasteiger partial charge in [-0.2, -0.15) is 5.10 Å². The monoisotopic (exact) mass is 344 g/mol. The lowest BCUT2D eigenvalue weighted by Crippen LogP contribution is -2.52. The summed E-state index contributed by atoms with van der Waals surface area (Å²) in [6.07, 6.45) is 8.34. The van der Waals surface area contributed by atoms with Crippen molar-refractivity contribution >= 4 is 0 Å². The third-order valence-corrected chi connectivity index (χ3v) is 8.43. The Kier molecular flexibility index (Phi) is 4.12. The van der Waals surface area contributed by atoms with Crippen molar-refractivity contribution in [1.82, 2.24) is 10.2 Å². The van der Waals surface area contributed by atoms with Gasteiger partial charge in [-0.05, 0) is 78.6 Å². The van der Waals surface area contributed by atoms with Gasteiger partial charge in [0.15, 0.2) is 0 Å².